The van der Waals surface area contributed by atoms with Crippen molar-refractivity contribution in [1.29, 1.82) is 0 Å². The van der Waals surface area contributed by atoms with Crippen LogP contribution in [-0.2, 0) is 0 Å². The molecule has 0 saturated heterocycles. The second kappa shape index (κ2) is 3.40. The van der Waals surface area contributed by atoms with Gasteiger partial charge < -0.3 is 15.6 Å². The van der Waals surface area contributed by atoms with Gasteiger partial charge in [0.2, 0.25) is 0 Å². The number of hydrogen-bond acceptors (Lipinski definition) is 5. The van der Waals surface area contributed by atoms with Gasteiger partial charge in [-0.05, 0) is 18.5 Å². The third-order valence-electron chi connectivity index (χ3n) is 1.16. The van der Waals surface area contributed by atoms with Crippen molar-refractivity contribution in [3.8, 4) is 5.75 Å². The molecule has 3 N–H and O–H groups in total. The summed E-state index contributed by atoms with van der Waals surface area (Å²) in [7, 11) is 0. The SMILES string of the molecule is CCOc1c(N)nsc1C(=O)O. The molecule has 1 rings (SSSR count). The number of ether oxygens (including phenoxy) is 1. The van der Waals surface area contributed by atoms with Gasteiger partial charge in [0.15, 0.2) is 16.4 Å². The van der Waals surface area contributed by atoms with Gasteiger partial charge in [-0.25, -0.2) is 4.79 Å². The standard InChI is InChI=1S/C6H8N2O3S/c1-2-11-3-4(6(9)10)12-8-5(3)7/h2H2,1H3,(H2,7,8)(H,9,10). The van der Waals surface area contributed by atoms with Crippen LogP contribution >= 0.6 is 11.5 Å². The zero-order valence-electron chi connectivity index (χ0n) is 6.40. The highest BCUT2D eigenvalue weighted by atomic mass is 32.1. The summed E-state index contributed by atoms with van der Waals surface area (Å²) >= 11 is 0.825. The smallest absolute Gasteiger partial charge is 0.351 e. The van der Waals surface area contributed by atoms with Crippen LogP contribution in [-0.4, -0.2) is 22.1 Å². The van der Waals surface area contributed by atoms with Crippen molar-refractivity contribution in [2.24, 2.45) is 0 Å². The molecule has 0 radical (unpaired) electrons. The summed E-state index contributed by atoms with van der Waals surface area (Å²) in [6.07, 6.45) is 0. The maximum atomic E-state index is 10.5. The Kier molecular flexibility index (Phi) is 2.49. The summed E-state index contributed by atoms with van der Waals surface area (Å²) in [5.74, 6) is -0.748. The van der Waals surface area contributed by atoms with E-state index in [9.17, 15) is 4.79 Å². The van der Waals surface area contributed by atoms with Gasteiger partial charge in [-0.1, -0.05) is 0 Å². The number of rotatable bonds is 3. The second-order valence-corrected chi connectivity index (χ2v) is 2.74. The molecule has 0 atom stereocenters. The van der Waals surface area contributed by atoms with Crippen molar-refractivity contribution < 1.29 is 14.6 Å². The molecule has 0 saturated carbocycles. The largest absolute Gasteiger partial charge is 0.488 e. The quantitative estimate of drug-likeness (QED) is 0.733. The predicted molar refractivity (Wildman–Crippen MR) is 44.7 cm³/mol. The van der Waals surface area contributed by atoms with E-state index < -0.39 is 5.97 Å². The average molecular weight is 188 g/mol. The second-order valence-electron chi connectivity index (χ2n) is 1.96. The van der Waals surface area contributed by atoms with Crippen molar-refractivity contribution in [3.05, 3.63) is 4.88 Å². The number of nitrogen functional groups attached to an aromatic ring is 1. The highest BCUT2D eigenvalue weighted by molar-refractivity contribution is 7.08. The maximum absolute atomic E-state index is 10.5. The van der Waals surface area contributed by atoms with Crippen molar-refractivity contribution >= 4 is 23.3 Å². The normalized spacial score (nSPS) is 9.75. The van der Waals surface area contributed by atoms with E-state index in [1.54, 1.807) is 6.92 Å². The highest BCUT2D eigenvalue weighted by Gasteiger charge is 2.18. The zero-order chi connectivity index (χ0) is 9.14. The van der Waals surface area contributed by atoms with Crippen LogP contribution in [0.3, 0.4) is 0 Å². The Hall–Kier alpha value is -1.30. The van der Waals surface area contributed by atoms with Crippen molar-refractivity contribution in [2.75, 3.05) is 12.3 Å². The Morgan fingerprint density at radius 1 is 1.83 bits per heavy atom. The van der Waals surface area contributed by atoms with Gasteiger partial charge in [-0.3, -0.25) is 0 Å². The van der Waals surface area contributed by atoms with Gasteiger partial charge in [0.25, 0.3) is 0 Å². The fraction of sp³-hybridized carbons (Fsp3) is 0.333. The summed E-state index contributed by atoms with van der Waals surface area (Å²) in [4.78, 5) is 10.6. The number of aromatic carboxylic acids is 1. The number of hydrogen-bond donors (Lipinski definition) is 2. The Labute approximate surface area is 72.9 Å². The first-order valence-electron chi connectivity index (χ1n) is 3.28. The molecule has 0 unspecified atom stereocenters. The van der Waals surface area contributed by atoms with Gasteiger partial charge in [-0.2, -0.15) is 4.37 Å². The maximum Gasteiger partial charge on any atom is 0.351 e. The molecule has 0 bridgehead atoms. The van der Waals surface area contributed by atoms with Crippen LogP contribution < -0.4 is 10.5 Å². The molecule has 5 nitrogen and oxygen atoms in total. The third kappa shape index (κ3) is 1.48. The molecule has 66 valence electrons. The first kappa shape index (κ1) is 8.79. The molecule has 0 aromatic carbocycles. The Morgan fingerprint density at radius 3 is 3.00 bits per heavy atom. The summed E-state index contributed by atoms with van der Waals surface area (Å²) in [5.41, 5.74) is 5.38. The van der Waals surface area contributed by atoms with Crippen LogP contribution in [0.15, 0.2) is 0 Å². The van der Waals surface area contributed by atoms with Gasteiger partial charge in [0.1, 0.15) is 0 Å². The molecule has 0 amide bonds. The fourth-order valence-electron chi connectivity index (χ4n) is 0.714. The molecular weight excluding hydrogens is 180 g/mol. The number of anilines is 1. The molecular formula is C6H8N2O3S. The van der Waals surface area contributed by atoms with Gasteiger partial charge in [-0.15, -0.1) is 0 Å². The zero-order valence-corrected chi connectivity index (χ0v) is 7.22. The van der Waals surface area contributed by atoms with E-state index in [0.717, 1.165) is 11.5 Å². The first-order valence-corrected chi connectivity index (χ1v) is 4.05. The summed E-state index contributed by atoms with van der Waals surface area (Å²) < 4.78 is 8.68. The number of nitrogens with zero attached hydrogens (tertiary/aromatic N) is 1. The molecule has 6 heteroatoms. The lowest BCUT2D eigenvalue weighted by molar-refractivity contribution is 0.0698. The lowest BCUT2D eigenvalue weighted by atomic mass is 10.4. The van der Waals surface area contributed by atoms with Crippen molar-refractivity contribution in [1.82, 2.24) is 4.37 Å². The first-order chi connectivity index (χ1) is 5.66. The molecule has 0 fully saturated rings. The van der Waals surface area contributed by atoms with Crippen LogP contribution in [0.1, 0.15) is 16.6 Å². The molecule has 0 spiro atoms. The monoisotopic (exact) mass is 188 g/mol. The molecule has 1 heterocycles. The lowest BCUT2D eigenvalue weighted by Gasteiger charge is -2.00. The molecule has 0 aliphatic rings. The number of nitrogens with two attached hydrogens (primary N) is 1. The minimum atomic E-state index is -1.06. The summed E-state index contributed by atoms with van der Waals surface area (Å²) in [6, 6.07) is 0. The van der Waals surface area contributed by atoms with Crippen molar-refractivity contribution in [2.45, 2.75) is 6.92 Å². The third-order valence-corrected chi connectivity index (χ3v) is 1.99. The van der Waals surface area contributed by atoms with E-state index in [2.05, 4.69) is 4.37 Å². The number of carbonyl (C=O) groups is 1. The fourth-order valence-corrected chi connectivity index (χ4v) is 1.31. The van der Waals surface area contributed by atoms with E-state index in [1.165, 1.54) is 0 Å². The van der Waals surface area contributed by atoms with E-state index in [0.29, 0.717) is 6.61 Å². The molecule has 1 aromatic rings. The molecule has 0 aliphatic carbocycles. The van der Waals surface area contributed by atoms with Crippen LogP contribution in [0.4, 0.5) is 5.82 Å². The molecule has 12 heavy (non-hydrogen) atoms. The number of aromatic nitrogens is 1. The average Bonchev–Trinajstić information content (AvgIpc) is 2.34. The van der Waals surface area contributed by atoms with Crippen LogP contribution in [0.2, 0.25) is 0 Å². The Balaban J connectivity index is 3.03. The predicted octanol–water partition coefficient (Wildman–Crippen LogP) is 0.822. The van der Waals surface area contributed by atoms with Crippen LogP contribution in [0.5, 0.6) is 5.75 Å². The van der Waals surface area contributed by atoms with Crippen LogP contribution in [0, 0.1) is 0 Å². The van der Waals surface area contributed by atoms with E-state index >= 15 is 0 Å². The van der Waals surface area contributed by atoms with E-state index in [4.69, 9.17) is 15.6 Å². The highest BCUT2D eigenvalue weighted by Crippen LogP contribution is 2.29. The van der Waals surface area contributed by atoms with Gasteiger partial charge in [0.05, 0.1) is 6.61 Å². The summed E-state index contributed by atoms with van der Waals surface area (Å²) in [6.45, 7) is 2.13. The van der Waals surface area contributed by atoms with Gasteiger partial charge >= 0.3 is 5.97 Å². The Bertz CT molecular complexity index is 297. The summed E-state index contributed by atoms with van der Waals surface area (Å²) in [5, 5.41) is 8.64. The lowest BCUT2D eigenvalue weighted by Crippen LogP contribution is -2.00. The van der Waals surface area contributed by atoms with E-state index in [1.807, 2.05) is 0 Å². The van der Waals surface area contributed by atoms with Crippen molar-refractivity contribution in [3.63, 3.8) is 0 Å². The minimum absolute atomic E-state index is 0.0503. The van der Waals surface area contributed by atoms with Crippen LogP contribution in [0.25, 0.3) is 0 Å². The number of carboxylic acids is 1. The minimum Gasteiger partial charge on any atom is -0.488 e. The number of carboxylic acid groups (broad SMARTS) is 1. The Morgan fingerprint density at radius 2 is 2.50 bits per heavy atom. The molecule has 1 aromatic heterocycles. The molecule has 0 aliphatic heterocycles. The van der Waals surface area contributed by atoms with Gasteiger partial charge in [0, 0.05) is 0 Å². The topological polar surface area (TPSA) is 85.4 Å². The van der Waals surface area contributed by atoms with E-state index in [-0.39, 0.29) is 16.4 Å².